The predicted octanol–water partition coefficient (Wildman–Crippen LogP) is 9.91. The summed E-state index contributed by atoms with van der Waals surface area (Å²) in [6.45, 7) is 11.8. The Bertz CT molecular complexity index is 1620. The summed E-state index contributed by atoms with van der Waals surface area (Å²) in [5, 5.41) is 9.38. The van der Waals surface area contributed by atoms with E-state index in [-0.39, 0.29) is 31.6 Å². The Hall–Kier alpha value is -3.79. The van der Waals surface area contributed by atoms with Crippen molar-refractivity contribution in [1.29, 1.82) is 0 Å². The predicted molar refractivity (Wildman–Crippen MR) is 164 cm³/mol. The van der Waals surface area contributed by atoms with E-state index in [1.54, 1.807) is 0 Å². The summed E-state index contributed by atoms with van der Waals surface area (Å²) < 4.78 is 6.46. The van der Waals surface area contributed by atoms with Gasteiger partial charge in [-0.25, -0.2) is 0 Å². The number of aliphatic hydroxyl groups is 1. The number of nitrogens with zero attached hydrogens (tertiary/aromatic N) is 1. The topological polar surface area (TPSA) is 63.3 Å². The quantitative estimate of drug-likeness (QED) is 0.108. The van der Waals surface area contributed by atoms with E-state index in [1.165, 1.54) is 42.2 Å². The molecule has 0 bridgehead atoms. The van der Waals surface area contributed by atoms with Crippen molar-refractivity contribution in [3.8, 4) is 33.7 Å². The Balaban J connectivity index is 0.000000516. The van der Waals surface area contributed by atoms with Crippen LogP contribution < -0.4 is 0 Å². The third kappa shape index (κ3) is 7.91. The van der Waals surface area contributed by atoms with Gasteiger partial charge in [0.05, 0.1) is 5.76 Å². The molecule has 2 heterocycles. The average molecular weight is 723 g/mol. The number of fused-ring (bicyclic) bond motifs is 1. The van der Waals surface area contributed by atoms with Crippen molar-refractivity contribution in [2.24, 2.45) is 0 Å². The molecule has 0 aliphatic rings. The third-order valence-corrected chi connectivity index (χ3v) is 6.62. The minimum Gasteiger partial charge on any atom is -0.512 e. The molecule has 5 rings (SSSR count). The second-order valence-electron chi connectivity index (χ2n) is 10.6. The molecule has 4 nitrogen and oxygen atoms in total. The van der Waals surface area contributed by atoms with Crippen LogP contribution in [0.3, 0.4) is 0 Å². The maximum atomic E-state index is 10.0. The van der Waals surface area contributed by atoms with E-state index in [0.29, 0.717) is 11.8 Å². The summed E-state index contributed by atoms with van der Waals surface area (Å²) in [5.41, 5.74) is 8.86. The SMILES string of the molecule is CC(=O)/C=C(/C)O.CC(C)c1cccc(C(C)C)c1-c1cc2cnc(-c3[c-]ccc(-c4ccccc4)c3)cc2o1.[Ir]. The van der Waals surface area contributed by atoms with Gasteiger partial charge in [0.15, 0.2) is 5.78 Å². The Morgan fingerprint density at radius 2 is 1.54 bits per heavy atom. The number of allylic oxidation sites excluding steroid dienone is 2. The number of benzene rings is 3. The molecule has 0 saturated heterocycles. The van der Waals surface area contributed by atoms with E-state index in [2.05, 4.69) is 94.4 Å². The number of hydrogen-bond acceptors (Lipinski definition) is 4. The molecule has 5 heteroatoms. The van der Waals surface area contributed by atoms with Crippen molar-refractivity contribution < 1.29 is 34.4 Å². The van der Waals surface area contributed by atoms with Gasteiger partial charge in [-0.1, -0.05) is 76.2 Å². The maximum Gasteiger partial charge on any atom is 0.155 e. The number of ketones is 1. The maximum absolute atomic E-state index is 10.0. The molecule has 5 aromatic rings. The first kappa shape index (κ1) is 31.7. The molecular weight excluding hydrogens is 687 g/mol. The van der Waals surface area contributed by atoms with Crippen LogP contribution in [0.5, 0.6) is 0 Å². The minimum absolute atomic E-state index is 0. The standard InChI is InChI=1S/C31H28NO.C5H8O2.Ir/c1-20(2)26-14-9-15-27(21(3)4)31(26)30-17-25-19-32-28(18-29(25)33-30)24-13-8-12-23(16-24)22-10-6-5-7-11-22;1-4(6)3-5(2)7;/h5-12,14-21H,1-4H3;3,6H,1-2H3;/q-1;;/b;4-3-;. The van der Waals surface area contributed by atoms with Gasteiger partial charge in [0.1, 0.15) is 11.3 Å². The number of rotatable bonds is 6. The molecule has 1 radical (unpaired) electrons. The monoisotopic (exact) mass is 723 g/mol. The Morgan fingerprint density at radius 1 is 0.878 bits per heavy atom. The summed E-state index contributed by atoms with van der Waals surface area (Å²) in [4.78, 5) is 14.8. The van der Waals surface area contributed by atoms with Crippen molar-refractivity contribution in [2.45, 2.75) is 53.4 Å². The van der Waals surface area contributed by atoms with E-state index < -0.39 is 0 Å². The Morgan fingerprint density at radius 3 is 2.10 bits per heavy atom. The molecule has 0 saturated carbocycles. The van der Waals surface area contributed by atoms with E-state index >= 15 is 0 Å². The van der Waals surface area contributed by atoms with Crippen LogP contribution >= 0.6 is 0 Å². The number of aliphatic hydroxyl groups excluding tert-OH is 1. The van der Waals surface area contributed by atoms with Gasteiger partial charge in [-0.05, 0) is 60.2 Å². The van der Waals surface area contributed by atoms with Crippen LogP contribution in [-0.4, -0.2) is 15.9 Å². The van der Waals surface area contributed by atoms with Crippen molar-refractivity contribution in [2.75, 3.05) is 0 Å². The largest absolute Gasteiger partial charge is 0.512 e. The van der Waals surface area contributed by atoms with Gasteiger partial charge in [-0.15, -0.1) is 35.4 Å². The molecule has 213 valence electrons. The zero-order valence-electron chi connectivity index (χ0n) is 24.4. The van der Waals surface area contributed by atoms with E-state index in [0.717, 1.165) is 33.6 Å². The van der Waals surface area contributed by atoms with Gasteiger partial charge in [0, 0.05) is 43.3 Å². The Kier molecular flexibility index (Phi) is 11.0. The van der Waals surface area contributed by atoms with E-state index in [1.807, 2.05) is 24.4 Å². The number of aromatic nitrogens is 1. The van der Waals surface area contributed by atoms with Crippen LogP contribution in [-0.2, 0) is 24.9 Å². The smallest absolute Gasteiger partial charge is 0.155 e. The molecule has 3 aromatic carbocycles. The molecule has 0 unspecified atom stereocenters. The molecule has 0 atom stereocenters. The number of carbonyl (C=O) groups excluding carboxylic acids is 1. The second kappa shape index (κ2) is 14.2. The van der Waals surface area contributed by atoms with Crippen LogP contribution in [0.15, 0.2) is 101 Å². The number of pyridine rings is 1. The van der Waals surface area contributed by atoms with Crippen LogP contribution in [0, 0.1) is 6.07 Å². The summed E-state index contributed by atoms with van der Waals surface area (Å²) in [7, 11) is 0. The third-order valence-electron chi connectivity index (χ3n) is 6.62. The first-order valence-corrected chi connectivity index (χ1v) is 13.6. The second-order valence-corrected chi connectivity index (χ2v) is 10.6. The molecule has 0 fully saturated rings. The van der Waals surface area contributed by atoms with Crippen LogP contribution in [0.2, 0.25) is 0 Å². The normalized spacial score (nSPS) is 11.3. The summed E-state index contributed by atoms with van der Waals surface area (Å²) in [5.74, 6) is 1.68. The van der Waals surface area contributed by atoms with Gasteiger partial charge in [0.2, 0.25) is 0 Å². The van der Waals surface area contributed by atoms with Crippen LogP contribution in [0.1, 0.15) is 64.5 Å². The fourth-order valence-electron chi connectivity index (χ4n) is 4.76. The van der Waals surface area contributed by atoms with Gasteiger partial charge < -0.3 is 14.5 Å². The number of hydrogen-bond donors (Lipinski definition) is 1. The number of carbonyl (C=O) groups is 1. The summed E-state index contributed by atoms with van der Waals surface area (Å²) >= 11 is 0. The van der Waals surface area contributed by atoms with E-state index in [9.17, 15) is 4.79 Å². The molecule has 0 aliphatic carbocycles. The van der Waals surface area contributed by atoms with Crippen molar-refractivity contribution in [3.05, 3.63) is 114 Å². The van der Waals surface area contributed by atoms with Gasteiger partial charge in [0.25, 0.3) is 0 Å². The van der Waals surface area contributed by atoms with Gasteiger partial charge in [-0.3, -0.25) is 4.79 Å². The average Bonchev–Trinajstić information content (AvgIpc) is 3.36. The Labute approximate surface area is 256 Å². The minimum atomic E-state index is -0.125. The van der Waals surface area contributed by atoms with Crippen molar-refractivity contribution >= 4 is 16.8 Å². The van der Waals surface area contributed by atoms with Gasteiger partial charge in [-0.2, -0.15) is 0 Å². The molecule has 1 N–H and O–H groups in total. The molecule has 2 aromatic heterocycles. The number of furan rings is 1. The molecule has 0 spiro atoms. The molecule has 0 aliphatic heterocycles. The van der Waals surface area contributed by atoms with Gasteiger partial charge >= 0.3 is 0 Å². The van der Waals surface area contributed by atoms with Crippen LogP contribution in [0.4, 0.5) is 0 Å². The van der Waals surface area contributed by atoms with E-state index in [4.69, 9.17) is 14.5 Å². The fraction of sp³-hybridized carbons (Fsp3) is 0.222. The molecular formula is C36H36IrNO3-. The molecule has 0 amide bonds. The van der Waals surface area contributed by atoms with Crippen LogP contribution in [0.25, 0.3) is 44.7 Å². The zero-order valence-corrected chi connectivity index (χ0v) is 26.8. The summed E-state index contributed by atoms with van der Waals surface area (Å²) in [6, 6.07) is 30.7. The van der Waals surface area contributed by atoms with Crippen molar-refractivity contribution in [3.63, 3.8) is 0 Å². The van der Waals surface area contributed by atoms with Crippen molar-refractivity contribution in [1.82, 2.24) is 4.98 Å². The molecule has 41 heavy (non-hydrogen) atoms. The zero-order chi connectivity index (χ0) is 28.8. The first-order valence-electron chi connectivity index (χ1n) is 13.6. The summed E-state index contributed by atoms with van der Waals surface area (Å²) in [6.07, 6.45) is 3.08. The fourth-order valence-corrected chi connectivity index (χ4v) is 4.76. The first-order chi connectivity index (χ1) is 19.1.